The summed E-state index contributed by atoms with van der Waals surface area (Å²) in [5.41, 5.74) is 0.166. The second-order valence-corrected chi connectivity index (χ2v) is 5.45. The summed E-state index contributed by atoms with van der Waals surface area (Å²) in [5, 5.41) is 4.18. The SMILES string of the molecule is O=c1[nH]c2cc3c(Cl)c(-n4ccc(C(F)(F)F)n4)ccc3nc2[nH]1. The molecule has 0 saturated carbocycles. The first-order valence-corrected chi connectivity index (χ1v) is 7.05. The van der Waals surface area contributed by atoms with E-state index < -0.39 is 17.6 Å². The van der Waals surface area contributed by atoms with Crippen LogP contribution < -0.4 is 5.69 Å². The highest BCUT2D eigenvalue weighted by Gasteiger charge is 2.33. The van der Waals surface area contributed by atoms with Gasteiger partial charge in [-0.3, -0.25) is 4.98 Å². The van der Waals surface area contributed by atoms with Gasteiger partial charge >= 0.3 is 11.9 Å². The largest absolute Gasteiger partial charge is 0.435 e. The Balaban J connectivity index is 1.93. The molecule has 4 aromatic rings. The number of aromatic nitrogens is 5. The van der Waals surface area contributed by atoms with Crippen molar-refractivity contribution in [3.63, 3.8) is 0 Å². The van der Waals surface area contributed by atoms with Crippen LogP contribution in [-0.4, -0.2) is 24.7 Å². The number of fused-ring (bicyclic) bond motifs is 2. The third kappa shape index (κ3) is 2.24. The Labute approximate surface area is 135 Å². The molecule has 0 aliphatic carbocycles. The number of rotatable bonds is 1. The van der Waals surface area contributed by atoms with Gasteiger partial charge in [-0.15, -0.1) is 0 Å². The van der Waals surface area contributed by atoms with E-state index in [-0.39, 0.29) is 10.7 Å². The summed E-state index contributed by atoms with van der Waals surface area (Å²) < 4.78 is 39.1. The lowest BCUT2D eigenvalue weighted by Crippen LogP contribution is -2.07. The predicted octanol–water partition coefficient (Wildman–Crippen LogP) is 3.26. The van der Waals surface area contributed by atoms with E-state index in [9.17, 15) is 18.0 Å². The van der Waals surface area contributed by atoms with Crippen molar-refractivity contribution in [2.45, 2.75) is 6.18 Å². The number of alkyl halides is 3. The lowest BCUT2D eigenvalue weighted by molar-refractivity contribution is -0.141. The zero-order chi connectivity index (χ0) is 17.1. The van der Waals surface area contributed by atoms with E-state index in [1.54, 1.807) is 12.1 Å². The molecule has 0 aliphatic heterocycles. The molecule has 0 fully saturated rings. The molecule has 0 amide bonds. The molecule has 0 unspecified atom stereocenters. The first-order valence-electron chi connectivity index (χ1n) is 6.67. The Morgan fingerprint density at radius 2 is 1.96 bits per heavy atom. The van der Waals surface area contributed by atoms with E-state index in [4.69, 9.17) is 11.6 Å². The van der Waals surface area contributed by atoms with Crippen LogP contribution in [0.2, 0.25) is 5.02 Å². The molecule has 2 N–H and O–H groups in total. The van der Waals surface area contributed by atoms with Gasteiger partial charge in [0.15, 0.2) is 11.3 Å². The van der Waals surface area contributed by atoms with Gasteiger partial charge in [0, 0.05) is 11.6 Å². The maximum Gasteiger partial charge on any atom is 0.435 e. The summed E-state index contributed by atoms with van der Waals surface area (Å²) in [7, 11) is 0. The average molecular weight is 354 g/mol. The first kappa shape index (κ1) is 14.8. The number of halogens is 4. The minimum atomic E-state index is -4.53. The number of nitrogens with zero attached hydrogens (tertiary/aromatic N) is 3. The zero-order valence-electron chi connectivity index (χ0n) is 11.6. The average Bonchev–Trinajstić information content (AvgIpc) is 3.10. The van der Waals surface area contributed by atoms with Crippen molar-refractivity contribution >= 4 is 33.7 Å². The highest BCUT2D eigenvalue weighted by molar-refractivity contribution is 6.37. The van der Waals surface area contributed by atoms with Crippen molar-refractivity contribution in [3.05, 3.63) is 51.7 Å². The van der Waals surface area contributed by atoms with Gasteiger partial charge in [0.25, 0.3) is 0 Å². The van der Waals surface area contributed by atoms with Crippen LogP contribution in [0.3, 0.4) is 0 Å². The van der Waals surface area contributed by atoms with Crippen molar-refractivity contribution < 1.29 is 13.2 Å². The molecule has 24 heavy (non-hydrogen) atoms. The van der Waals surface area contributed by atoms with E-state index in [0.29, 0.717) is 22.1 Å². The van der Waals surface area contributed by atoms with E-state index >= 15 is 0 Å². The summed E-state index contributed by atoms with van der Waals surface area (Å²) in [5.74, 6) is 0. The summed E-state index contributed by atoms with van der Waals surface area (Å²) >= 11 is 6.32. The zero-order valence-corrected chi connectivity index (χ0v) is 12.4. The molecule has 6 nitrogen and oxygen atoms in total. The van der Waals surface area contributed by atoms with Crippen LogP contribution in [0.25, 0.3) is 27.8 Å². The van der Waals surface area contributed by atoms with E-state index in [1.807, 2.05) is 0 Å². The number of pyridine rings is 1. The van der Waals surface area contributed by atoms with Crippen LogP contribution in [0.15, 0.2) is 35.3 Å². The lowest BCUT2D eigenvalue weighted by atomic mass is 10.2. The van der Waals surface area contributed by atoms with Crippen LogP contribution in [-0.2, 0) is 6.18 Å². The predicted molar refractivity (Wildman–Crippen MR) is 81.4 cm³/mol. The van der Waals surface area contributed by atoms with E-state index in [2.05, 4.69) is 20.1 Å². The van der Waals surface area contributed by atoms with Crippen molar-refractivity contribution in [1.82, 2.24) is 24.7 Å². The quantitative estimate of drug-likeness (QED) is 0.551. The van der Waals surface area contributed by atoms with Crippen LogP contribution in [0.1, 0.15) is 5.69 Å². The Morgan fingerprint density at radius 3 is 2.67 bits per heavy atom. The summed E-state index contributed by atoms with van der Waals surface area (Å²) in [6.07, 6.45) is -3.35. The highest BCUT2D eigenvalue weighted by Crippen LogP contribution is 2.32. The molecule has 0 bridgehead atoms. The van der Waals surface area contributed by atoms with Gasteiger partial charge in [0.1, 0.15) is 0 Å². The molecule has 0 spiro atoms. The molecule has 122 valence electrons. The van der Waals surface area contributed by atoms with Crippen molar-refractivity contribution in [2.75, 3.05) is 0 Å². The molecule has 3 heterocycles. The van der Waals surface area contributed by atoms with Crippen LogP contribution in [0, 0.1) is 0 Å². The number of aromatic amines is 2. The van der Waals surface area contributed by atoms with Crippen LogP contribution >= 0.6 is 11.6 Å². The maximum atomic E-state index is 12.7. The molecular formula is C14H7ClF3N5O. The Kier molecular flexibility index (Phi) is 2.98. The molecule has 0 radical (unpaired) electrons. The fourth-order valence-electron chi connectivity index (χ4n) is 2.44. The van der Waals surface area contributed by atoms with E-state index in [1.165, 1.54) is 12.3 Å². The first-order chi connectivity index (χ1) is 11.3. The van der Waals surface area contributed by atoms with Gasteiger partial charge in [-0.2, -0.15) is 18.3 Å². The normalized spacial score (nSPS) is 12.3. The minimum Gasteiger partial charge on any atom is -0.304 e. The van der Waals surface area contributed by atoms with E-state index in [0.717, 1.165) is 10.7 Å². The summed E-state index contributed by atoms with van der Waals surface area (Å²) in [6.45, 7) is 0. The summed E-state index contributed by atoms with van der Waals surface area (Å²) in [4.78, 5) is 20.7. The fourth-order valence-corrected chi connectivity index (χ4v) is 2.74. The molecular weight excluding hydrogens is 347 g/mol. The third-order valence-corrected chi connectivity index (χ3v) is 3.92. The van der Waals surface area contributed by atoms with Gasteiger partial charge in [0.2, 0.25) is 0 Å². The molecule has 3 aromatic heterocycles. The minimum absolute atomic E-state index is 0.181. The highest BCUT2D eigenvalue weighted by atomic mass is 35.5. The number of imidazole rings is 1. The Morgan fingerprint density at radius 1 is 1.17 bits per heavy atom. The maximum absolute atomic E-state index is 12.7. The van der Waals surface area contributed by atoms with Crippen molar-refractivity contribution in [3.8, 4) is 5.69 Å². The van der Waals surface area contributed by atoms with Crippen molar-refractivity contribution in [2.24, 2.45) is 0 Å². The van der Waals surface area contributed by atoms with Crippen LogP contribution in [0.5, 0.6) is 0 Å². The number of benzene rings is 1. The number of H-pyrrole nitrogens is 2. The molecule has 0 atom stereocenters. The number of hydrogen-bond donors (Lipinski definition) is 2. The second kappa shape index (κ2) is 4.84. The molecule has 0 aliphatic rings. The van der Waals surface area contributed by atoms with Gasteiger partial charge in [-0.05, 0) is 24.3 Å². The molecule has 0 saturated heterocycles. The second-order valence-electron chi connectivity index (χ2n) is 5.07. The van der Waals surface area contributed by atoms with Gasteiger partial charge < -0.3 is 4.98 Å². The van der Waals surface area contributed by atoms with Crippen molar-refractivity contribution in [1.29, 1.82) is 0 Å². The third-order valence-electron chi connectivity index (χ3n) is 3.52. The summed E-state index contributed by atoms with van der Waals surface area (Å²) in [6, 6.07) is 5.58. The Bertz CT molecular complexity index is 1140. The molecule has 4 rings (SSSR count). The van der Waals surface area contributed by atoms with Crippen LogP contribution in [0.4, 0.5) is 13.2 Å². The lowest BCUT2D eigenvalue weighted by Gasteiger charge is -2.08. The Hall–Kier alpha value is -2.81. The van der Waals surface area contributed by atoms with Gasteiger partial charge in [0.05, 0.1) is 21.7 Å². The smallest absolute Gasteiger partial charge is 0.304 e. The molecule has 10 heteroatoms. The number of hydrogen-bond acceptors (Lipinski definition) is 3. The van der Waals surface area contributed by atoms with Gasteiger partial charge in [-0.1, -0.05) is 11.6 Å². The molecule has 1 aromatic carbocycles. The standard InChI is InChI=1S/C14H7ClF3N5O/c15-11-6-5-8-12(21-13(24)20-8)19-7(6)1-2-9(11)23-4-3-10(22-23)14(16,17)18/h1-5H,(H2,19,20,21,24). The number of nitrogens with one attached hydrogen (secondary N) is 2. The fraction of sp³-hybridized carbons (Fsp3) is 0.0714. The monoisotopic (exact) mass is 353 g/mol. The van der Waals surface area contributed by atoms with Gasteiger partial charge in [-0.25, -0.2) is 14.5 Å². The topological polar surface area (TPSA) is 79.4 Å².